The molecule has 0 heterocycles. The van der Waals surface area contributed by atoms with Crippen molar-refractivity contribution in [3.63, 3.8) is 0 Å². The summed E-state index contributed by atoms with van der Waals surface area (Å²) in [7, 11) is 0. The number of rotatable bonds is 5. The van der Waals surface area contributed by atoms with Gasteiger partial charge in [-0.15, -0.1) is 0 Å². The molecule has 0 amide bonds. The van der Waals surface area contributed by atoms with Crippen LogP contribution >= 0.6 is 0 Å². The molecule has 0 radical (unpaired) electrons. The Bertz CT molecular complexity index is 439. The molecule has 0 aromatic heterocycles. The first-order valence-corrected chi connectivity index (χ1v) is 6.46. The van der Waals surface area contributed by atoms with E-state index in [1.54, 1.807) is 0 Å². The van der Waals surface area contributed by atoms with Crippen molar-refractivity contribution in [1.29, 1.82) is 0 Å². The first-order valence-electron chi connectivity index (χ1n) is 6.46. The number of carbonyl (C=O) groups is 1. The molecule has 2 nitrogen and oxygen atoms in total. The number of carbonyl (C=O) groups excluding carboxylic acids is 1. The average molecular weight is 244 g/mol. The van der Waals surface area contributed by atoms with Crippen LogP contribution in [-0.2, 0) is 4.79 Å². The second-order valence-corrected chi connectivity index (χ2v) is 4.40. The first-order chi connectivity index (χ1) is 8.62. The van der Waals surface area contributed by atoms with Crippen molar-refractivity contribution in [2.45, 2.75) is 45.1 Å². The van der Waals surface area contributed by atoms with Gasteiger partial charge >= 0.3 is 0 Å². The van der Waals surface area contributed by atoms with Gasteiger partial charge in [-0.3, -0.25) is 4.79 Å². The molecule has 0 aliphatic heterocycles. The predicted octanol–water partition coefficient (Wildman–Crippen LogP) is 2.94. The predicted molar refractivity (Wildman–Crippen MR) is 73.1 cm³/mol. The minimum Gasteiger partial charge on any atom is -0.371 e. The molecule has 1 rings (SSSR count). The monoisotopic (exact) mass is 244 g/mol. The summed E-state index contributed by atoms with van der Waals surface area (Å²) >= 11 is 0. The SMILES string of the molecule is CCCC(=O)C(O)(C#Cc1ccccc1)CCC. The normalized spacial score (nSPS) is 13.3. The van der Waals surface area contributed by atoms with Crippen LogP contribution in [0, 0.1) is 11.8 Å². The standard InChI is InChI=1S/C16H20O2/c1-3-8-15(17)16(18,12-4-2)13-11-14-9-6-5-7-10-14/h5-7,9-10,18H,3-4,8,12H2,1-2H3. The number of hydrogen-bond acceptors (Lipinski definition) is 2. The van der Waals surface area contributed by atoms with Crippen LogP contribution in [-0.4, -0.2) is 16.5 Å². The molecule has 0 aliphatic carbocycles. The molecule has 1 aromatic carbocycles. The Labute approximate surface area is 109 Å². The second kappa shape index (κ2) is 6.98. The van der Waals surface area contributed by atoms with Gasteiger partial charge in [0.25, 0.3) is 0 Å². The Morgan fingerprint density at radius 1 is 1.22 bits per heavy atom. The number of aliphatic hydroxyl groups is 1. The molecule has 1 aromatic rings. The molecule has 1 N–H and O–H groups in total. The molecular weight excluding hydrogens is 224 g/mol. The van der Waals surface area contributed by atoms with E-state index < -0.39 is 5.60 Å². The number of Topliss-reactive ketones (excluding diaryl/α,β-unsaturated/α-hetero) is 1. The first kappa shape index (κ1) is 14.5. The van der Waals surface area contributed by atoms with Crippen molar-refractivity contribution >= 4 is 5.78 Å². The highest BCUT2D eigenvalue weighted by molar-refractivity contribution is 5.90. The van der Waals surface area contributed by atoms with E-state index in [0.29, 0.717) is 12.8 Å². The summed E-state index contributed by atoms with van der Waals surface area (Å²) in [6.45, 7) is 3.86. The third kappa shape index (κ3) is 4.01. The maximum absolute atomic E-state index is 11.9. The lowest BCUT2D eigenvalue weighted by Crippen LogP contribution is -2.36. The number of ketones is 1. The lowest BCUT2D eigenvalue weighted by atomic mass is 9.90. The molecule has 0 fully saturated rings. The van der Waals surface area contributed by atoms with Crippen molar-refractivity contribution in [3.05, 3.63) is 35.9 Å². The van der Waals surface area contributed by atoms with Crippen LogP contribution < -0.4 is 0 Å². The maximum Gasteiger partial charge on any atom is 0.184 e. The minimum atomic E-state index is -1.49. The highest BCUT2D eigenvalue weighted by Crippen LogP contribution is 2.16. The van der Waals surface area contributed by atoms with Gasteiger partial charge in [0, 0.05) is 12.0 Å². The third-order valence-electron chi connectivity index (χ3n) is 2.74. The molecule has 0 saturated carbocycles. The Morgan fingerprint density at radius 3 is 2.44 bits per heavy atom. The molecule has 96 valence electrons. The van der Waals surface area contributed by atoms with Crippen LogP contribution in [0.15, 0.2) is 30.3 Å². The molecule has 0 aliphatic rings. The summed E-state index contributed by atoms with van der Waals surface area (Å²) < 4.78 is 0. The Balaban J connectivity index is 2.93. The van der Waals surface area contributed by atoms with Crippen molar-refractivity contribution in [1.82, 2.24) is 0 Å². The summed E-state index contributed by atoms with van der Waals surface area (Å²) in [4.78, 5) is 11.9. The van der Waals surface area contributed by atoms with Gasteiger partial charge in [0.15, 0.2) is 11.4 Å². The number of benzene rings is 1. The quantitative estimate of drug-likeness (QED) is 0.809. The van der Waals surface area contributed by atoms with Gasteiger partial charge in [0.05, 0.1) is 0 Å². The summed E-state index contributed by atoms with van der Waals surface area (Å²) in [6, 6.07) is 9.41. The van der Waals surface area contributed by atoms with Crippen molar-refractivity contribution < 1.29 is 9.90 Å². The molecule has 0 spiro atoms. The summed E-state index contributed by atoms with van der Waals surface area (Å²) in [5, 5.41) is 10.3. The van der Waals surface area contributed by atoms with Crippen LogP contribution in [0.3, 0.4) is 0 Å². The van der Waals surface area contributed by atoms with Crippen molar-refractivity contribution in [2.75, 3.05) is 0 Å². The molecule has 1 unspecified atom stereocenters. The van der Waals surface area contributed by atoms with Gasteiger partial charge in [-0.25, -0.2) is 0 Å². The third-order valence-corrected chi connectivity index (χ3v) is 2.74. The van der Waals surface area contributed by atoms with Crippen LogP contribution in [0.25, 0.3) is 0 Å². The fraction of sp³-hybridized carbons (Fsp3) is 0.438. The largest absolute Gasteiger partial charge is 0.371 e. The van der Waals surface area contributed by atoms with E-state index in [0.717, 1.165) is 18.4 Å². The van der Waals surface area contributed by atoms with Gasteiger partial charge in [0.2, 0.25) is 0 Å². The van der Waals surface area contributed by atoms with Gasteiger partial charge in [-0.1, -0.05) is 50.3 Å². The Morgan fingerprint density at radius 2 is 1.89 bits per heavy atom. The molecule has 1 atom stereocenters. The van der Waals surface area contributed by atoms with Gasteiger partial charge < -0.3 is 5.11 Å². The van der Waals surface area contributed by atoms with E-state index >= 15 is 0 Å². The summed E-state index contributed by atoms with van der Waals surface area (Å²) in [5.74, 6) is 5.47. The highest BCUT2D eigenvalue weighted by Gasteiger charge is 2.31. The van der Waals surface area contributed by atoms with Crippen LogP contribution in [0.4, 0.5) is 0 Å². The van der Waals surface area contributed by atoms with E-state index in [4.69, 9.17) is 0 Å². The van der Waals surface area contributed by atoms with Gasteiger partial charge in [-0.05, 0) is 25.0 Å². The summed E-state index contributed by atoms with van der Waals surface area (Å²) in [6.07, 6.45) is 2.24. The van der Waals surface area contributed by atoms with Crippen LogP contribution in [0.5, 0.6) is 0 Å². The lowest BCUT2D eigenvalue weighted by Gasteiger charge is -2.19. The Hall–Kier alpha value is -1.59. The second-order valence-electron chi connectivity index (χ2n) is 4.40. The lowest BCUT2D eigenvalue weighted by molar-refractivity contribution is -0.132. The fourth-order valence-corrected chi connectivity index (χ4v) is 1.76. The smallest absolute Gasteiger partial charge is 0.184 e. The van der Waals surface area contributed by atoms with Crippen LogP contribution in [0.1, 0.15) is 45.1 Å². The zero-order valence-corrected chi connectivity index (χ0v) is 11.1. The van der Waals surface area contributed by atoms with E-state index in [9.17, 15) is 9.90 Å². The summed E-state index contributed by atoms with van der Waals surface area (Å²) in [5.41, 5.74) is -0.669. The highest BCUT2D eigenvalue weighted by atomic mass is 16.3. The molecule has 2 heteroatoms. The van der Waals surface area contributed by atoms with E-state index in [1.807, 2.05) is 44.2 Å². The van der Waals surface area contributed by atoms with Crippen molar-refractivity contribution in [3.8, 4) is 11.8 Å². The van der Waals surface area contributed by atoms with Crippen LogP contribution in [0.2, 0.25) is 0 Å². The zero-order valence-electron chi connectivity index (χ0n) is 11.1. The Kier molecular flexibility index (Phi) is 5.61. The molecule has 0 bridgehead atoms. The molecule has 0 saturated heterocycles. The van der Waals surface area contributed by atoms with Gasteiger partial charge in [0.1, 0.15) is 0 Å². The topological polar surface area (TPSA) is 37.3 Å². The fourth-order valence-electron chi connectivity index (χ4n) is 1.76. The number of hydrogen-bond donors (Lipinski definition) is 1. The van der Waals surface area contributed by atoms with E-state index in [1.165, 1.54) is 0 Å². The average Bonchev–Trinajstić information content (AvgIpc) is 2.38. The van der Waals surface area contributed by atoms with E-state index in [-0.39, 0.29) is 5.78 Å². The maximum atomic E-state index is 11.9. The minimum absolute atomic E-state index is 0.171. The molecular formula is C16H20O2. The van der Waals surface area contributed by atoms with Gasteiger partial charge in [-0.2, -0.15) is 0 Å². The van der Waals surface area contributed by atoms with E-state index in [2.05, 4.69) is 11.8 Å². The zero-order chi connectivity index (χ0) is 13.4. The van der Waals surface area contributed by atoms with Crippen molar-refractivity contribution in [2.24, 2.45) is 0 Å². The molecule has 18 heavy (non-hydrogen) atoms.